The van der Waals surface area contributed by atoms with Gasteiger partial charge in [-0.2, -0.15) is 0 Å². The van der Waals surface area contributed by atoms with Gasteiger partial charge >= 0.3 is 0 Å². The molecule has 27 heavy (non-hydrogen) atoms. The number of amides is 2. The minimum absolute atomic E-state index is 0.188. The first-order valence-electron chi connectivity index (χ1n) is 9.57. The molecular formula is C22H28N2O3. The lowest BCUT2D eigenvalue weighted by Crippen LogP contribution is -2.26. The maximum Gasteiger partial charge on any atom is 0.259 e. The molecule has 0 unspecified atom stereocenters. The molecule has 2 aromatic rings. The summed E-state index contributed by atoms with van der Waals surface area (Å²) in [4.78, 5) is 25.2. The smallest absolute Gasteiger partial charge is 0.259 e. The van der Waals surface area contributed by atoms with Crippen molar-refractivity contribution >= 4 is 17.5 Å². The Morgan fingerprint density at radius 2 is 1.52 bits per heavy atom. The molecule has 0 aromatic heterocycles. The Morgan fingerprint density at radius 1 is 0.852 bits per heavy atom. The van der Waals surface area contributed by atoms with Crippen LogP contribution < -0.4 is 15.4 Å². The highest BCUT2D eigenvalue weighted by Crippen LogP contribution is 2.22. The van der Waals surface area contributed by atoms with Crippen LogP contribution >= 0.6 is 0 Å². The highest BCUT2D eigenvalue weighted by atomic mass is 16.5. The molecule has 2 N–H and O–H groups in total. The molecule has 0 aliphatic rings. The molecule has 0 bridgehead atoms. The Labute approximate surface area is 161 Å². The van der Waals surface area contributed by atoms with Crippen molar-refractivity contribution in [2.24, 2.45) is 0 Å². The number of nitrogens with one attached hydrogen (secondary N) is 2. The van der Waals surface area contributed by atoms with E-state index < -0.39 is 0 Å². The SMILES string of the molecule is CCCCNC(=O)c1ccccc1NC(=O)c1ccccc1OCCCC. The van der Waals surface area contributed by atoms with E-state index in [1.165, 1.54) is 0 Å². The summed E-state index contributed by atoms with van der Waals surface area (Å²) in [7, 11) is 0. The third-order valence-electron chi connectivity index (χ3n) is 4.12. The molecule has 144 valence electrons. The van der Waals surface area contributed by atoms with Gasteiger partial charge in [0.2, 0.25) is 0 Å². The zero-order valence-corrected chi connectivity index (χ0v) is 16.1. The summed E-state index contributed by atoms with van der Waals surface area (Å²) in [5, 5.41) is 5.73. The first-order valence-corrected chi connectivity index (χ1v) is 9.57. The minimum atomic E-state index is -0.295. The van der Waals surface area contributed by atoms with Gasteiger partial charge in [0.1, 0.15) is 5.75 Å². The monoisotopic (exact) mass is 368 g/mol. The average molecular weight is 368 g/mol. The van der Waals surface area contributed by atoms with E-state index in [0.29, 0.717) is 35.7 Å². The largest absolute Gasteiger partial charge is 0.493 e. The normalized spacial score (nSPS) is 10.3. The lowest BCUT2D eigenvalue weighted by atomic mass is 10.1. The van der Waals surface area contributed by atoms with E-state index in [-0.39, 0.29) is 11.8 Å². The number of benzene rings is 2. The molecular weight excluding hydrogens is 340 g/mol. The number of anilines is 1. The summed E-state index contributed by atoms with van der Waals surface area (Å²) in [5.74, 6) is 0.0658. The number of para-hydroxylation sites is 2. The highest BCUT2D eigenvalue weighted by Gasteiger charge is 2.16. The summed E-state index contributed by atoms with van der Waals surface area (Å²) in [5.41, 5.74) is 1.39. The van der Waals surface area contributed by atoms with Crippen LogP contribution in [0.1, 0.15) is 60.2 Å². The Morgan fingerprint density at radius 3 is 2.26 bits per heavy atom. The molecule has 5 nitrogen and oxygen atoms in total. The third kappa shape index (κ3) is 6.13. The van der Waals surface area contributed by atoms with Gasteiger partial charge in [0.15, 0.2) is 0 Å². The Balaban J connectivity index is 2.13. The van der Waals surface area contributed by atoms with Crippen LogP contribution in [0.2, 0.25) is 0 Å². The van der Waals surface area contributed by atoms with Crippen LogP contribution in [0.5, 0.6) is 5.75 Å². The van der Waals surface area contributed by atoms with Gasteiger partial charge in [-0.05, 0) is 37.1 Å². The van der Waals surface area contributed by atoms with Crippen molar-refractivity contribution in [1.82, 2.24) is 5.32 Å². The number of hydrogen-bond acceptors (Lipinski definition) is 3. The topological polar surface area (TPSA) is 67.4 Å². The van der Waals surface area contributed by atoms with Crippen molar-refractivity contribution in [2.75, 3.05) is 18.5 Å². The summed E-state index contributed by atoms with van der Waals surface area (Å²) in [6, 6.07) is 14.2. The Kier molecular flexibility index (Phi) is 8.36. The zero-order chi connectivity index (χ0) is 19.5. The summed E-state index contributed by atoms with van der Waals surface area (Å²) < 4.78 is 5.74. The number of ether oxygens (including phenoxy) is 1. The molecule has 0 saturated heterocycles. The number of carbonyl (C=O) groups excluding carboxylic acids is 2. The molecule has 0 radical (unpaired) electrons. The quantitative estimate of drug-likeness (QED) is 0.600. The minimum Gasteiger partial charge on any atom is -0.493 e. The van der Waals surface area contributed by atoms with E-state index in [1.54, 1.807) is 42.5 Å². The van der Waals surface area contributed by atoms with Crippen LogP contribution in [0.15, 0.2) is 48.5 Å². The Hall–Kier alpha value is -2.82. The number of unbranched alkanes of at least 4 members (excludes halogenated alkanes) is 2. The maximum absolute atomic E-state index is 12.8. The summed E-state index contributed by atoms with van der Waals surface area (Å²) in [6.07, 6.45) is 3.88. The van der Waals surface area contributed by atoms with E-state index in [4.69, 9.17) is 4.74 Å². The van der Waals surface area contributed by atoms with E-state index in [9.17, 15) is 9.59 Å². The van der Waals surface area contributed by atoms with Crippen molar-refractivity contribution in [3.63, 3.8) is 0 Å². The van der Waals surface area contributed by atoms with E-state index in [2.05, 4.69) is 24.5 Å². The van der Waals surface area contributed by atoms with Gasteiger partial charge in [0.05, 0.1) is 23.4 Å². The number of hydrogen-bond donors (Lipinski definition) is 2. The maximum atomic E-state index is 12.8. The fourth-order valence-corrected chi connectivity index (χ4v) is 2.56. The molecule has 0 aliphatic heterocycles. The number of carbonyl (C=O) groups is 2. The van der Waals surface area contributed by atoms with Gasteiger partial charge in [0, 0.05) is 6.54 Å². The van der Waals surface area contributed by atoms with Crippen molar-refractivity contribution in [1.29, 1.82) is 0 Å². The van der Waals surface area contributed by atoms with E-state index in [0.717, 1.165) is 25.7 Å². The highest BCUT2D eigenvalue weighted by molar-refractivity contribution is 6.10. The van der Waals surface area contributed by atoms with Gasteiger partial charge in [-0.1, -0.05) is 51.0 Å². The van der Waals surface area contributed by atoms with Gasteiger partial charge in [-0.15, -0.1) is 0 Å². The van der Waals surface area contributed by atoms with Crippen LogP contribution in [0, 0.1) is 0 Å². The first-order chi connectivity index (χ1) is 13.2. The second-order valence-corrected chi connectivity index (χ2v) is 6.31. The number of rotatable bonds is 10. The second-order valence-electron chi connectivity index (χ2n) is 6.31. The van der Waals surface area contributed by atoms with Crippen molar-refractivity contribution in [3.05, 3.63) is 59.7 Å². The molecule has 0 saturated carbocycles. The van der Waals surface area contributed by atoms with Crippen LogP contribution in [0.25, 0.3) is 0 Å². The van der Waals surface area contributed by atoms with Gasteiger partial charge in [-0.3, -0.25) is 9.59 Å². The second kappa shape index (κ2) is 11.0. The van der Waals surface area contributed by atoms with E-state index >= 15 is 0 Å². The van der Waals surface area contributed by atoms with Gasteiger partial charge < -0.3 is 15.4 Å². The van der Waals surface area contributed by atoms with E-state index in [1.807, 2.05) is 6.07 Å². The van der Waals surface area contributed by atoms with Crippen molar-refractivity contribution < 1.29 is 14.3 Å². The van der Waals surface area contributed by atoms with Gasteiger partial charge in [0.25, 0.3) is 11.8 Å². The predicted molar refractivity (Wildman–Crippen MR) is 108 cm³/mol. The lowest BCUT2D eigenvalue weighted by molar-refractivity contribution is 0.0954. The molecule has 0 aliphatic carbocycles. The summed E-state index contributed by atoms with van der Waals surface area (Å²) >= 11 is 0. The molecule has 0 spiro atoms. The molecule has 0 fully saturated rings. The molecule has 5 heteroatoms. The molecule has 0 heterocycles. The molecule has 2 aromatic carbocycles. The van der Waals surface area contributed by atoms with Gasteiger partial charge in [-0.25, -0.2) is 0 Å². The average Bonchev–Trinajstić information content (AvgIpc) is 2.69. The predicted octanol–water partition coefficient (Wildman–Crippen LogP) is 4.65. The third-order valence-corrected chi connectivity index (χ3v) is 4.12. The first kappa shape index (κ1) is 20.5. The summed E-state index contributed by atoms with van der Waals surface area (Å²) in [6.45, 7) is 5.34. The fourth-order valence-electron chi connectivity index (χ4n) is 2.56. The van der Waals surface area contributed by atoms with Crippen LogP contribution in [0.3, 0.4) is 0 Å². The van der Waals surface area contributed by atoms with Crippen molar-refractivity contribution in [2.45, 2.75) is 39.5 Å². The molecule has 0 atom stereocenters. The molecule has 2 rings (SSSR count). The zero-order valence-electron chi connectivity index (χ0n) is 16.1. The van der Waals surface area contributed by atoms with Crippen LogP contribution in [-0.2, 0) is 0 Å². The Bertz CT molecular complexity index is 759. The lowest BCUT2D eigenvalue weighted by Gasteiger charge is -2.14. The molecule has 2 amide bonds. The van der Waals surface area contributed by atoms with Crippen LogP contribution in [0.4, 0.5) is 5.69 Å². The van der Waals surface area contributed by atoms with Crippen molar-refractivity contribution in [3.8, 4) is 5.75 Å². The fraction of sp³-hybridized carbons (Fsp3) is 0.364. The standard InChI is InChI=1S/C22H28N2O3/c1-3-5-15-23-21(25)17-11-7-9-13-19(17)24-22(26)18-12-8-10-14-20(18)27-16-6-4-2/h7-14H,3-6,15-16H2,1-2H3,(H,23,25)(H,24,26). The van der Waals surface area contributed by atoms with Crippen LogP contribution in [-0.4, -0.2) is 25.0 Å².